The van der Waals surface area contributed by atoms with Crippen molar-refractivity contribution in [2.75, 3.05) is 0 Å². The van der Waals surface area contributed by atoms with E-state index in [2.05, 4.69) is 106 Å². The smallest absolute Gasteiger partial charge is 0.194 e. The molecule has 2 aliphatic carbocycles. The second kappa shape index (κ2) is 7.66. The fourth-order valence-corrected chi connectivity index (χ4v) is 3.76. The van der Waals surface area contributed by atoms with Gasteiger partial charge in [-0.25, -0.2) is 15.0 Å². The molecular weight excluding hydrogens is 433 g/mol. The van der Waals surface area contributed by atoms with Gasteiger partial charge in [-0.1, -0.05) is 73.7 Å². The molecule has 26 heavy (non-hydrogen) atoms. The van der Waals surface area contributed by atoms with Crippen LogP contribution in [0.1, 0.15) is 37.1 Å². The number of nitrogens with zero attached hydrogens (tertiary/aromatic N) is 3. The molecule has 0 amide bonds. The largest absolute Gasteiger partial charge is 0.208 e. The molecule has 130 valence electrons. The Morgan fingerprint density at radius 2 is 1.73 bits per heavy atom. The molecule has 0 radical (unpaired) electrons. The third kappa shape index (κ3) is 3.85. The third-order valence-electron chi connectivity index (χ3n) is 4.71. The highest BCUT2D eigenvalue weighted by Crippen LogP contribution is 2.28. The van der Waals surface area contributed by atoms with Crippen LogP contribution < -0.4 is 0 Å². The molecule has 2 aromatic rings. The molecule has 1 aromatic heterocycles. The molecule has 3 nitrogen and oxygen atoms in total. The normalized spacial score (nSPS) is 21.7. The lowest BCUT2D eigenvalue weighted by Gasteiger charge is -2.14. The van der Waals surface area contributed by atoms with Gasteiger partial charge in [0.25, 0.3) is 0 Å². The lowest BCUT2D eigenvalue weighted by molar-refractivity contribution is 0.738. The van der Waals surface area contributed by atoms with Crippen molar-refractivity contribution in [1.29, 1.82) is 0 Å². The van der Waals surface area contributed by atoms with E-state index in [1.807, 2.05) is 0 Å². The Hall–Kier alpha value is -2.08. The maximum Gasteiger partial charge on any atom is 0.194 e. The van der Waals surface area contributed by atoms with Crippen molar-refractivity contribution in [1.82, 2.24) is 15.0 Å². The van der Waals surface area contributed by atoms with E-state index in [-0.39, 0.29) is 0 Å². The molecule has 2 aliphatic rings. The van der Waals surface area contributed by atoms with Crippen LogP contribution in [0.3, 0.4) is 0 Å². The van der Waals surface area contributed by atoms with Gasteiger partial charge in [-0.3, -0.25) is 0 Å². The van der Waals surface area contributed by atoms with Crippen molar-refractivity contribution < 1.29 is 0 Å². The molecule has 2 atom stereocenters. The van der Waals surface area contributed by atoms with E-state index < -0.39 is 0 Å². The highest BCUT2D eigenvalue weighted by Gasteiger charge is 2.14. The molecule has 0 fully saturated rings. The summed E-state index contributed by atoms with van der Waals surface area (Å²) in [5.74, 6) is 2.47. The van der Waals surface area contributed by atoms with Crippen molar-refractivity contribution in [3.05, 3.63) is 82.0 Å². The molecule has 0 aliphatic heterocycles. The van der Waals surface area contributed by atoms with E-state index >= 15 is 0 Å². The summed E-state index contributed by atoms with van der Waals surface area (Å²) < 4.78 is 0.722. The van der Waals surface area contributed by atoms with E-state index in [1.165, 1.54) is 5.56 Å². The quantitative estimate of drug-likeness (QED) is 0.558. The molecule has 0 saturated carbocycles. The number of aromatic nitrogens is 3. The Morgan fingerprint density at radius 3 is 2.46 bits per heavy atom. The second-order valence-corrected chi connectivity index (χ2v) is 7.73. The van der Waals surface area contributed by atoms with E-state index in [0.29, 0.717) is 11.8 Å². The van der Waals surface area contributed by atoms with E-state index in [4.69, 9.17) is 4.98 Å². The number of rotatable bonds is 3. The summed E-state index contributed by atoms with van der Waals surface area (Å²) >= 11 is 2.17. The summed E-state index contributed by atoms with van der Waals surface area (Å²) in [6, 6.07) is 8.60. The maximum atomic E-state index is 4.73. The van der Waals surface area contributed by atoms with Crippen LogP contribution in [0.5, 0.6) is 0 Å². The Kier molecular flexibility index (Phi) is 5.11. The Bertz CT molecular complexity index is 923. The van der Waals surface area contributed by atoms with Gasteiger partial charge in [0.05, 0.1) is 0 Å². The summed E-state index contributed by atoms with van der Waals surface area (Å²) in [5, 5.41) is 0. The summed E-state index contributed by atoms with van der Waals surface area (Å²) in [4.78, 5) is 13.8. The average Bonchev–Trinajstić information content (AvgIpc) is 2.68. The van der Waals surface area contributed by atoms with Gasteiger partial charge in [-0.2, -0.15) is 0 Å². The SMILES string of the molecule is CC1C=C(c2nc(I)nc(-c3ccc(C4C=CC=CC4)cc3)n2)C=CC1. The van der Waals surface area contributed by atoms with Gasteiger partial charge in [-0.05, 0) is 24.3 Å². The predicted octanol–water partition coefficient (Wildman–Crippen LogP) is 5.72. The van der Waals surface area contributed by atoms with Crippen molar-refractivity contribution in [3.8, 4) is 11.4 Å². The molecule has 0 N–H and O–H groups in total. The van der Waals surface area contributed by atoms with Gasteiger partial charge in [-0.15, -0.1) is 0 Å². The monoisotopic (exact) mass is 453 g/mol. The number of hydrogen-bond donors (Lipinski definition) is 0. The number of allylic oxidation sites excluding steroid dienone is 8. The molecule has 2 unspecified atom stereocenters. The third-order valence-corrected chi connectivity index (χ3v) is 5.20. The lowest BCUT2D eigenvalue weighted by atomic mass is 9.92. The molecule has 0 spiro atoms. The zero-order valence-corrected chi connectivity index (χ0v) is 16.8. The Labute approximate surface area is 167 Å². The van der Waals surface area contributed by atoms with Crippen LogP contribution in [0, 0.1) is 9.75 Å². The van der Waals surface area contributed by atoms with Crippen molar-refractivity contribution in [3.63, 3.8) is 0 Å². The molecule has 4 rings (SSSR count). The maximum absolute atomic E-state index is 4.73. The van der Waals surface area contributed by atoms with Crippen LogP contribution >= 0.6 is 22.6 Å². The molecule has 1 heterocycles. The van der Waals surface area contributed by atoms with Crippen molar-refractivity contribution in [2.24, 2.45) is 5.92 Å². The van der Waals surface area contributed by atoms with E-state index in [9.17, 15) is 0 Å². The number of benzene rings is 1. The number of halogens is 1. The average molecular weight is 453 g/mol. The topological polar surface area (TPSA) is 38.7 Å². The van der Waals surface area contributed by atoms with Crippen LogP contribution in [0.25, 0.3) is 17.0 Å². The first kappa shape index (κ1) is 17.3. The molecule has 0 bridgehead atoms. The van der Waals surface area contributed by atoms with E-state index in [0.717, 1.165) is 39.5 Å². The number of hydrogen-bond acceptors (Lipinski definition) is 3. The van der Waals surface area contributed by atoms with Crippen LogP contribution in [-0.2, 0) is 0 Å². The lowest BCUT2D eigenvalue weighted by Crippen LogP contribution is -2.04. The van der Waals surface area contributed by atoms with Gasteiger partial charge >= 0.3 is 0 Å². The Morgan fingerprint density at radius 1 is 0.923 bits per heavy atom. The minimum absolute atomic E-state index is 0.460. The summed E-state index contributed by atoms with van der Waals surface area (Å²) in [5.41, 5.74) is 3.44. The molecule has 0 saturated heterocycles. The minimum atomic E-state index is 0.460. The standard InChI is InChI=1S/C22H20IN3/c1-15-6-5-9-19(14-15)21-24-20(25-22(23)26-21)18-12-10-17(11-13-18)16-7-3-2-4-8-16/h2-5,7,9-16H,6,8H2,1H3. The van der Waals surface area contributed by atoms with Gasteiger partial charge < -0.3 is 0 Å². The van der Waals surface area contributed by atoms with Crippen LogP contribution in [0.4, 0.5) is 0 Å². The van der Waals surface area contributed by atoms with Crippen LogP contribution in [-0.4, -0.2) is 15.0 Å². The van der Waals surface area contributed by atoms with Gasteiger partial charge in [0.1, 0.15) is 0 Å². The predicted molar refractivity (Wildman–Crippen MR) is 115 cm³/mol. The van der Waals surface area contributed by atoms with Gasteiger partial charge in [0.2, 0.25) is 0 Å². The fourth-order valence-electron chi connectivity index (χ4n) is 3.30. The van der Waals surface area contributed by atoms with Crippen molar-refractivity contribution in [2.45, 2.75) is 25.7 Å². The second-order valence-electron chi connectivity index (χ2n) is 6.77. The Balaban J connectivity index is 1.64. The van der Waals surface area contributed by atoms with Crippen LogP contribution in [0.2, 0.25) is 0 Å². The zero-order chi connectivity index (χ0) is 17.9. The summed E-state index contributed by atoms with van der Waals surface area (Å²) in [6.07, 6.45) is 17.4. The first-order chi connectivity index (χ1) is 12.7. The van der Waals surface area contributed by atoms with Gasteiger partial charge in [0.15, 0.2) is 15.5 Å². The van der Waals surface area contributed by atoms with Crippen molar-refractivity contribution >= 4 is 28.2 Å². The molecule has 1 aromatic carbocycles. The summed E-state index contributed by atoms with van der Waals surface area (Å²) in [7, 11) is 0. The molecule has 4 heteroatoms. The highest BCUT2D eigenvalue weighted by atomic mass is 127. The van der Waals surface area contributed by atoms with E-state index in [1.54, 1.807) is 0 Å². The van der Waals surface area contributed by atoms with Gasteiger partial charge in [0, 0.05) is 39.6 Å². The summed E-state index contributed by atoms with van der Waals surface area (Å²) in [6.45, 7) is 2.21. The fraction of sp³-hybridized carbons (Fsp3) is 0.227. The first-order valence-corrected chi connectivity index (χ1v) is 10.0. The van der Waals surface area contributed by atoms with Crippen LogP contribution in [0.15, 0.2) is 66.8 Å². The highest BCUT2D eigenvalue weighted by molar-refractivity contribution is 14.1. The zero-order valence-electron chi connectivity index (χ0n) is 14.6. The molecular formula is C22H20IN3. The first-order valence-electron chi connectivity index (χ1n) is 8.93. The minimum Gasteiger partial charge on any atom is -0.208 e.